The van der Waals surface area contributed by atoms with Crippen LogP contribution in [0.3, 0.4) is 0 Å². The molecule has 0 radical (unpaired) electrons. The largest absolute Gasteiger partial charge is 0.450 e. The first-order valence-corrected chi connectivity index (χ1v) is 7.70. The first-order chi connectivity index (χ1) is 11.1. The highest BCUT2D eigenvalue weighted by atomic mass is 16.6. The van der Waals surface area contributed by atoms with Crippen molar-refractivity contribution in [1.82, 2.24) is 9.88 Å². The molecule has 1 fully saturated rings. The maximum atomic E-state index is 11.7. The molecule has 1 N–H and O–H groups in total. The van der Waals surface area contributed by atoms with Crippen molar-refractivity contribution in [1.29, 1.82) is 0 Å². The van der Waals surface area contributed by atoms with Gasteiger partial charge in [0.1, 0.15) is 5.82 Å². The van der Waals surface area contributed by atoms with E-state index in [0.29, 0.717) is 45.1 Å². The molecule has 0 bridgehead atoms. The van der Waals surface area contributed by atoms with E-state index in [4.69, 9.17) is 9.47 Å². The fourth-order valence-electron chi connectivity index (χ4n) is 2.26. The number of hydrogen-bond donors (Lipinski definition) is 1. The van der Waals surface area contributed by atoms with Crippen molar-refractivity contribution >= 4 is 23.7 Å². The molecule has 1 saturated heterocycles. The summed E-state index contributed by atoms with van der Waals surface area (Å²) in [7, 11) is 0. The van der Waals surface area contributed by atoms with E-state index >= 15 is 0 Å². The Labute approximate surface area is 135 Å². The van der Waals surface area contributed by atoms with Crippen molar-refractivity contribution in [2.45, 2.75) is 13.8 Å². The number of aromatic nitrogens is 1. The highest BCUT2D eigenvalue weighted by molar-refractivity contribution is 5.84. The lowest BCUT2D eigenvalue weighted by atomic mass is 10.3. The second kappa shape index (κ2) is 8.21. The number of ether oxygens (including phenoxy) is 2. The number of pyridine rings is 1. The summed E-state index contributed by atoms with van der Waals surface area (Å²) in [6.45, 7) is 6.83. The number of piperazine rings is 1. The summed E-state index contributed by atoms with van der Waals surface area (Å²) < 4.78 is 9.80. The summed E-state index contributed by atoms with van der Waals surface area (Å²) in [6.07, 6.45) is 0.823. The van der Waals surface area contributed by atoms with Gasteiger partial charge in [-0.25, -0.2) is 14.6 Å². The van der Waals surface area contributed by atoms with E-state index in [2.05, 4.69) is 15.2 Å². The smallest absolute Gasteiger partial charge is 0.411 e. The zero-order valence-corrected chi connectivity index (χ0v) is 13.4. The van der Waals surface area contributed by atoms with Crippen molar-refractivity contribution in [3.63, 3.8) is 0 Å². The van der Waals surface area contributed by atoms with Crippen LogP contribution in [0.4, 0.5) is 21.1 Å². The molecular formula is C15H22N4O4. The van der Waals surface area contributed by atoms with Crippen LogP contribution < -0.4 is 10.2 Å². The summed E-state index contributed by atoms with van der Waals surface area (Å²) in [4.78, 5) is 31.1. The summed E-state index contributed by atoms with van der Waals surface area (Å²) in [5.41, 5.74) is 0.581. The van der Waals surface area contributed by atoms with Gasteiger partial charge in [-0.3, -0.25) is 5.32 Å². The molecule has 2 amide bonds. The molecule has 0 unspecified atom stereocenters. The van der Waals surface area contributed by atoms with Gasteiger partial charge in [-0.15, -0.1) is 0 Å². The van der Waals surface area contributed by atoms with Crippen molar-refractivity contribution in [3.8, 4) is 0 Å². The minimum Gasteiger partial charge on any atom is -0.450 e. The third-order valence-corrected chi connectivity index (χ3v) is 3.40. The number of hydrogen-bond acceptors (Lipinski definition) is 6. The fourth-order valence-corrected chi connectivity index (χ4v) is 2.26. The predicted molar refractivity (Wildman–Crippen MR) is 85.7 cm³/mol. The summed E-state index contributed by atoms with van der Waals surface area (Å²) in [5.74, 6) is 0.808. The summed E-state index contributed by atoms with van der Waals surface area (Å²) in [5, 5.41) is 2.60. The van der Waals surface area contributed by atoms with Crippen LogP contribution in [0.1, 0.15) is 13.8 Å². The Kier molecular flexibility index (Phi) is 6.02. The van der Waals surface area contributed by atoms with Gasteiger partial charge in [0, 0.05) is 26.2 Å². The molecule has 126 valence electrons. The highest BCUT2D eigenvalue weighted by Crippen LogP contribution is 2.16. The fraction of sp³-hybridized carbons (Fsp3) is 0.533. The molecule has 1 aromatic heterocycles. The Bertz CT molecular complexity index is 527. The Morgan fingerprint density at radius 3 is 2.39 bits per heavy atom. The lowest BCUT2D eigenvalue weighted by Gasteiger charge is -2.34. The first-order valence-electron chi connectivity index (χ1n) is 7.70. The average Bonchev–Trinajstić information content (AvgIpc) is 2.56. The van der Waals surface area contributed by atoms with Crippen LogP contribution in [0.15, 0.2) is 18.3 Å². The average molecular weight is 322 g/mol. The van der Waals surface area contributed by atoms with Crippen molar-refractivity contribution < 1.29 is 19.1 Å². The molecule has 0 atom stereocenters. The molecule has 2 heterocycles. The van der Waals surface area contributed by atoms with Gasteiger partial charge in [-0.05, 0) is 26.0 Å². The minimum absolute atomic E-state index is 0.269. The van der Waals surface area contributed by atoms with E-state index in [-0.39, 0.29) is 6.09 Å². The number of amides is 2. The SMILES string of the molecule is CCOC(=O)Nc1ccc(N2CCN(C(=O)OCC)CC2)nc1. The molecule has 23 heavy (non-hydrogen) atoms. The van der Waals surface area contributed by atoms with E-state index in [9.17, 15) is 9.59 Å². The highest BCUT2D eigenvalue weighted by Gasteiger charge is 2.22. The summed E-state index contributed by atoms with van der Waals surface area (Å²) in [6, 6.07) is 3.61. The Morgan fingerprint density at radius 1 is 1.13 bits per heavy atom. The van der Waals surface area contributed by atoms with Gasteiger partial charge in [-0.1, -0.05) is 0 Å². The molecule has 0 spiro atoms. The Balaban J connectivity index is 1.86. The topological polar surface area (TPSA) is 84.0 Å². The lowest BCUT2D eigenvalue weighted by Crippen LogP contribution is -2.49. The Hall–Kier alpha value is -2.51. The number of carbonyl (C=O) groups is 2. The van der Waals surface area contributed by atoms with E-state index in [1.165, 1.54) is 0 Å². The summed E-state index contributed by atoms with van der Waals surface area (Å²) >= 11 is 0. The van der Waals surface area contributed by atoms with Crippen LogP contribution in [-0.4, -0.2) is 61.5 Å². The van der Waals surface area contributed by atoms with Gasteiger partial charge in [-0.2, -0.15) is 0 Å². The van der Waals surface area contributed by atoms with Gasteiger partial charge < -0.3 is 19.3 Å². The van der Waals surface area contributed by atoms with Crippen LogP contribution in [0.25, 0.3) is 0 Å². The minimum atomic E-state index is -0.495. The van der Waals surface area contributed by atoms with Crippen LogP contribution in [0.5, 0.6) is 0 Å². The molecule has 0 aliphatic carbocycles. The van der Waals surface area contributed by atoms with E-state index < -0.39 is 6.09 Å². The first kappa shape index (κ1) is 16.9. The molecule has 2 rings (SSSR count). The van der Waals surface area contributed by atoms with Gasteiger partial charge >= 0.3 is 12.2 Å². The molecule has 1 aliphatic rings. The van der Waals surface area contributed by atoms with Crippen LogP contribution in [0, 0.1) is 0 Å². The van der Waals surface area contributed by atoms with Gasteiger partial charge in [0.05, 0.1) is 25.1 Å². The second-order valence-electron chi connectivity index (χ2n) is 4.92. The third-order valence-electron chi connectivity index (χ3n) is 3.40. The molecule has 0 aromatic carbocycles. The zero-order chi connectivity index (χ0) is 16.7. The number of carbonyl (C=O) groups excluding carboxylic acids is 2. The second-order valence-corrected chi connectivity index (χ2v) is 4.92. The number of anilines is 2. The molecule has 1 aliphatic heterocycles. The zero-order valence-electron chi connectivity index (χ0n) is 13.4. The van der Waals surface area contributed by atoms with E-state index in [0.717, 1.165) is 5.82 Å². The van der Waals surface area contributed by atoms with Gasteiger partial charge in [0.25, 0.3) is 0 Å². The third kappa shape index (κ3) is 4.73. The number of rotatable bonds is 4. The monoisotopic (exact) mass is 322 g/mol. The number of nitrogens with one attached hydrogen (secondary N) is 1. The molecular weight excluding hydrogens is 300 g/mol. The Morgan fingerprint density at radius 2 is 1.83 bits per heavy atom. The van der Waals surface area contributed by atoms with Gasteiger partial charge in [0.15, 0.2) is 0 Å². The van der Waals surface area contributed by atoms with Crippen LogP contribution >= 0.6 is 0 Å². The molecule has 0 saturated carbocycles. The quantitative estimate of drug-likeness (QED) is 0.912. The van der Waals surface area contributed by atoms with E-state index in [1.54, 1.807) is 31.0 Å². The maximum absolute atomic E-state index is 11.7. The van der Waals surface area contributed by atoms with E-state index in [1.807, 2.05) is 6.07 Å². The maximum Gasteiger partial charge on any atom is 0.411 e. The van der Waals surface area contributed by atoms with Gasteiger partial charge in [0.2, 0.25) is 0 Å². The number of nitrogens with zero attached hydrogens (tertiary/aromatic N) is 3. The predicted octanol–water partition coefficient (Wildman–Crippen LogP) is 1.93. The normalized spacial score (nSPS) is 14.3. The standard InChI is InChI=1S/C15H22N4O4/c1-3-22-14(20)17-12-5-6-13(16-11-12)18-7-9-19(10-8-18)15(21)23-4-2/h5-6,11H,3-4,7-10H2,1-2H3,(H,17,20). The molecule has 8 nitrogen and oxygen atoms in total. The van der Waals surface area contributed by atoms with Crippen LogP contribution in [0.2, 0.25) is 0 Å². The van der Waals surface area contributed by atoms with Crippen molar-refractivity contribution in [2.75, 3.05) is 49.6 Å². The van der Waals surface area contributed by atoms with Crippen molar-refractivity contribution in [2.24, 2.45) is 0 Å². The lowest BCUT2D eigenvalue weighted by molar-refractivity contribution is 0.105. The molecule has 8 heteroatoms. The van der Waals surface area contributed by atoms with Crippen molar-refractivity contribution in [3.05, 3.63) is 18.3 Å². The van der Waals surface area contributed by atoms with Crippen LogP contribution in [-0.2, 0) is 9.47 Å². The molecule has 1 aromatic rings.